The van der Waals surface area contributed by atoms with E-state index >= 15 is 0 Å². The van der Waals surface area contributed by atoms with E-state index in [9.17, 15) is 22.4 Å². The summed E-state index contributed by atoms with van der Waals surface area (Å²) in [5.74, 6) is -1.33. The van der Waals surface area contributed by atoms with E-state index in [0.717, 1.165) is 11.8 Å². The number of amides is 2. The van der Waals surface area contributed by atoms with Gasteiger partial charge in [-0.3, -0.25) is 13.9 Å². The molecule has 4 N–H and O–H groups in total. The number of rotatable bonds is 10. The number of nitrogens with two attached hydrogens (primary N) is 1. The van der Waals surface area contributed by atoms with E-state index in [4.69, 9.17) is 5.73 Å². The summed E-state index contributed by atoms with van der Waals surface area (Å²) in [6.45, 7) is 0.837. The Morgan fingerprint density at radius 2 is 1.67 bits per heavy atom. The van der Waals surface area contributed by atoms with Gasteiger partial charge in [-0.15, -0.1) is 0 Å². The van der Waals surface area contributed by atoms with E-state index in [-0.39, 0.29) is 6.42 Å². The van der Waals surface area contributed by atoms with Crippen LogP contribution in [0.3, 0.4) is 0 Å². The second-order valence-corrected chi connectivity index (χ2v) is 11.5. The average molecular weight is 552 g/mol. The number of primary amides is 1. The van der Waals surface area contributed by atoms with Gasteiger partial charge in [-0.25, -0.2) is 12.8 Å². The maximum absolute atomic E-state index is 13.9. The van der Waals surface area contributed by atoms with Crippen LogP contribution in [0, 0.1) is 5.82 Å². The standard InChI is InChI=1S/C28H30FN5O4S/c1-33(2)14-15-34(39(3,37)38)22-11-9-21(10-12-22)31-27(19-6-4-18(5-7-19)16-25(30)35)26-23-13-8-20(29)17-24(23)32-28(26)36/h4-13,17,31H,14-16H2,1-3H3,(H2,30,35)(H,32,36)/b27-26-. The molecular formula is C28H30FN5O4S. The summed E-state index contributed by atoms with van der Waals surface area (Å²) < 4.78 is 40.0. The number of halogens is 1. The first-order valence-corrected chi connectivity index (χ1v) is 14.0. The quantitative estimate of drug-likeness (QED) is 0.333. The minimum Gasteiger partial charge on any atom is -0.369 e. The number of benzene rings is 3. The highest BCUT2D eigenvalue weighted by atomic mass is 32.2. The number of anilines is 3. The third-order valence-corrected chi connectivity index (χ3v) is 7.37. The van der Waals surface area contributed by atoms with Crippen molar-refractivity contribution in [2.45, 2.75) is 6.42 Å². The van der Waals surface area contributed by atoms with E-state index in [1.807, 2.05) is 19.0 Å². The smallest absolute Gasteiger partial charge is 0.258 e. The van der Waals surface area contributed by atoms with Crippen LogP contribution in [-0.2, 0) is 26.0 Å². The lowest BCUT2D eigenvalue weighted by molar-refractivity contribution is -0.117. The van der Waals surface area contributed by atoms with Gasteiger partial charge in [0.2, 0.25) is 15.9 Å². The molecule has 39 heavy (non-hydrogen) atoms. The summed E-state index contributed by atoms with van der Waals surface area (Å²) in [5, 5.41) is 6.01. The molecule has 4 rings (SSSR count). The van der Waals surface area contributed by atoms with Crippen molar-refractivity contribution >= 4 is 50.2 Å². The van der Waals surface area contributed by atoms with E-state index < -0.39 is 27.7 Å². The lowest BCUT2D eigenvalue weighted by atomic mass is 9.98. The molecule has 1 heterocycles. The molecule has 0 saturated carbocycles. The molecule has 3 aromatic carbocycles. The first kappa shape index (κ1) is 27.8. The second-order valence-electron chi connectivity index (χ2n) is 9.54. The molecule has 2 amide bonds. The Labute approximate surface area is 227 Å². The van der Waals surface area contributed by atoms with E-state index in [2.05, 4.69) is 10.6 Å². The molecule has 0 bridgehead atoms. The van der Waals surface area contributed by atoms with Crippen LogP contribution >= 0.6 is 0 Å². The number of sulfonamides is 1. The molecule has 0 spiro atoms. The lowest BCUT2D eigenvalue weighted by Crippen LogP contribution is -2.35. The number of hydrogen-bond donors (Lipinski definition) is 3. The van der Waals surface area contributed by atoms with Crippen molar-refractivity contribution in [1.29, 1.82) is 0 Å². The van der Waals surface area contributed by atoms with Crippen LogP contribution in [0.1, 0.15) is 16.7 Å². The largest absolute Gasteiger partial charge is 0.369 e. The zero-order valence-corrected chi connectivity index (χ0v) is 22.7. The fourth-order valence-corrected chi connectivity index (χ4v) is 5.21. The number of hydrogen-bond acceptors (Lipinski definition) is 6. The summed E-state index contributed by atoms with van der Waals surface area (Å²) >= 11 is 0. The van der Waals surface area contributed by atoms with Crippen LogP contribution in [0.15, 0.2) is 66.7 Å². The second kappa shape index (κ2) is 11.3. The molecule has 0 atom stereocenters. The Kier molecular flexibility index (Phi) is 8.03. The van der Waals surface area contributed by atoms with Crippen LogP contribution in [0.4, 0.5) is 21.5 Å². The molecule has 11 heteroatoms. The van der Waals surface area contributed by atoms with Gasteiger partial charge in [-0.1, -0.05) is 24.3 Å². The lowest BCUT2D eigenvalue weighted by Gasteiger charge is -2.24. The Morgan fingerprint density at radius 3 is 2.26 bits per heavy atom. The Balaban J connectivity index is 1.74. The maximum atomic E-state index is 13.9. The monoisotopic (exact) mass is 551 g/mol. The topological polar surface area (TPSA) is 125 Å². The number of nitrogens with zero attached hydrogens (tertiary/aromatic N) is 2. The number of nitrogens with one attached hydrogen (secondary N) is 2. The normalized spacial score (nSPS) is 14.1. The molecule has 0 radical (unpaired) electrons. The Hall–Kier alpha value is -4.22. The van der Waals surface area contributed by atoms with Crippen LogP contribution in [0.5, 0.6) is 0 Å². The fraction of sp³-hybridized carbons (Fsp3) is 0.214. The zero-order chi connectivity index (χ0) is 28.3. The van der Waals surface area contributed by atoms with Crippen molar-refractivity contribution in [2.24, 2.45) is 5.73 Å². The fourth-order valence-electron chi connectivity index (χ4n) is 4.30. The van der Waals surface area contributed by atoms with Gasteiger partial charge >= 0.3 is 0 Å². The van der Waals surface area contributed by atoms with Crippen molar-refractivity contribution in [1.82, 2.24) is 4.90 Å². The van der Waals surface area contributed by atoms with E-state index in [0.29, 0.717) is 52.5 Å². The molecule has 3 aromatic rings. The molecule has 9 nitrogen and oxygen atoms in total. The summed E-state index contributed by atoms with van der Waals surface area (Å²) in [4.78, 5) is 26.3. The van der Waals surface area contributed by atoms with E-state index in [1.165, 1.54) is 16.4 Å². The SMILES string of the molecule is CN(C)CCN(c1ccc(N/C(=C2\C(=O)Nc3cc(F)ccc32)c2ccc(CC(N)=O)cc2)cc1)S(C)(=O)=O. The van der Waals surface area contributed by atoms with Crippen molar-refractivity contribution in [3.8, 4) is 0 Å². The third kappa shape index (κ3) is 6.62. The molecule has 204 valence electrons. The number of likely N-dealkylation sites (N-methyl/N-ethyl adjacent to an activating group) is 1. The average Bonchev–Trinajstić information content (AvgIpc) is 3.17. The highest BCUT2D eigenvalue weighted by Gasteiger charge is 2.29. The van der Waals surface area contributed by atoms with Crippen LogP contribution in [0.25, 0.3) is 11.3 Å². The van der Waals surface area contributed by atoms with Crippen LogP contribution in [-0.4, -0.2) is 58.6 Å². The predicted molar refractivity (Wildman–Crippen MR) is 152 cm³/mol. The summed E-state index contributed by atoms with van der Waals surface area (Å²) in [5.41, 5.74) is 9.48. The van der Waals surface area contributed by atoms with Crippen molar-refractivity contribution in [2.75, 3.05) is 48.4 Å². The molecule has 1 aliphatic rings. The summed E-state index contributed by atoms with van der Waals surface area (Å²) in [6.07, 6.45) is 1.24. The van der Waals surface area contributed by atoms with Crippen molar-refractivity contribution < 1.29 is 22.4 Å². The van der Waals surface area contributed by atoms with Gasteiger partial charge in [-0.05, 0) is 67.7 Å². The highest BCUT2D eigenvalue weighted by Crippen LogP contribution is 2.38. The zero-order valence-electron chi connectivity index (χ0n) is 21.9. The minimum absolute atomic E-state index is 0.0777. The van der Waals surface area contributed by atoms with Gasteiger partial charge in [0.25, 0.3) is 5.91 Å². The first-order valence-electron chi connectivity index (χ1n) is 12.1. The van der Waals surface area contributed by atoms with Crippen molar-refractivity contribution in [3.63, 3.8) is 0 Å². The Morgan fingerprint density at radius 1 is 1.00 bits per heavy atom. The molecule has 0 aromatic heterocycles. The molecule has 0 fully saturated rings. The minimum atomic E-state index is -3.50. The van der Waals surface area contributed by atoms with E-state index in [1.54, 1.807) is 54.6 Å². The summed E-state index contributed by atoms with van der Waals surface area (Å²) in [7, 11) is 0.237. The number of carbonyl (C=O) groups excluding carboxylic acids is 2. The van der Waals surface area contributed by atoms with Gasteiger partial charge in [-0.2, -0.15) is 0 Å². The number of fused-ring (bicyclic) bond motifs is 1. The van der Waals surface area contributed by atoms with Gasteiger partial charge < -0.3 is 21.3 Å². The third-order valence-electron chi connectivity index (χ3n) is 6.17. The molecule has 0 saturated heterocycles. The van der Waals surface area contributed by atoms with Crippen LogP contribution in [0.2, 0.25) is 0 Å². The summed E-state index contributed by atoms with van der Waals surface area (Å²) in [6, 6.07) is 18.0. The number of carbonyl (C=O) groups is 2. The highest BCUT2D eigenvalue weighted by molar-refractivity contribution is 7.92. The Bertz CT molecular complexity index is 1540. The molecule has 0 aliphatic carbocycles. The van der Waals surface area contributed by atoms with Gasteiger partial charge in [0, 0.05) is 24.3 Å². The first-order chi connectivity index (χ1) is 18.4. The van der Waals surface area contributed by atoms with Crippen LogP contribution < -0.4 is 20.7 Å². The maximum Gasteiger partial charge on any atom is 0.258 e. The molecule has 1 aliphatic heterocycles. The van der Waals surface area contributed by atoms with Gasteiger partial charge in [0.15, 0.2) is 0 Å². The van der Waals surface area contributed by atoms with Gasteiger partial charge in [0.1, 0.15) is 5.82 Å². The van der Waals surface area contributed by atoms with Gasteiger partial charge in [0.05, 0.1) is 35.3 Å². The predicted octanol–water partition coefficient (Wildman–Crippen LogP) is 3.11. The molecular weight excluding hydrogens is 521 g/mol. The van der Waals surface area contributed by atoms with Crippen molar-refractivity contribution in [3.05, 3.63) is 89.2 Å². The molecule has 0 unspecified atom stereocenters.